The zero-order valence-electron chi connectivity index (χ0n) is 17.8. The van der Waals surface area contributed by atoms with E-state index in [1.165, 1.54) is 5.69 Å². The summed E-state index contributed by atoms with van der Waals surface area (Å²) in [6, 6.07) is 0.389. The van der Waals surface area contributed by atoms with Gasteiger partial charge in [-0.25, -0.2) is 4.98 Å². The van der Waals surface area contributed by atoms with Crippen LogP contribution >= 0.6 is 0 Å². The van der Waals surface area contributed by atoms with Crippen molar-refractivity contribution < 1.29 is 14.3 Å². The first-order valence-corrected chi connectivity index (χ1v) is 11.5. The van der Waals surface area contributed by atoms with Crippen molar-refractivity contribution in [3.05, 3.63) is 18.2 Å². The lowest BCUT2D eigenvalue weighted by molar-refractivity contribution is -0.153. The minimum Gasteiger partial charge on any atom is -0.368 e. The van der Waals surface area contributed by atoms with E-state index in [0.29, 0.717) is 37.5 Å². The van der Waals surface area contributed by atoms with Crippen LogP contribution in [0.5, 0.6) is 0 Å². The monoisotopic (exact) mass is 415 g/mol. The van der Waals surface area contributed by atoms with Gasteiger partial charge in [0.05, 0.1) is 18.1 Å². The van der Waals surface area contributed by atoms with Crippen LogP contribution in [0.3, 0.4) is 0 Å². The normalized spacial score (nSPS) is 34.1. The Morgan fingerprint density at radius 1 is 1.27 bits per heavy atom. The largest absolute Gasteiger partial charge is 0.368 e. The molecule has 0 aliphatic carbocycles. The van der Waals surface area contributed by atoms with Gasteiger partial charge in [-0.05, 0) is 43.9 Å². The van der Waals surface area contributed by atoms with E-state index in [1.54, 1.807) is 0 Å². The highest BCUT2D eigenvalue weighted by atomic mass is 16.5. The molecule has 1 aromatic heterocycles. The van der Waals surface area contributed by atoms with Crippen LogP contribution in [0.1, 0.15) is 44.2 Å². The molecule has 4 fully saturated rings. The highest BCUT2D eigenvalue weighted by Crippen LogP contribution is 2.41. The number of fused-ring (bicyclic) bond motifs is 4. The second-order valence-electron chi connectivity index (χ2n) is 9.52. The number of ether oxygens (including phenoxy) is 1. The summed E-state index contributed by atoms with van der Waals surface area (Å²) in [6.45, 7) is 4.09. The zero-order chi connectivity index (χ0) is 20.7. The molecular weight excluding hydrogens is 382 g/mol. The Morgan fingerprint density at radius 2 is 2.13 bits per heavy atom. The molecule has 0 aromatic carbocycles. The first kappa shape index (κ1) is 20.0. The van der Waals surface area contributed by atoms with Gasteiger partial charge >= 0.3 is 0 Å². The fourth-order valence-corrected chi connectivity index (χ4v) is 6.13. The van der Waals surface area contributed by atoms with E-state index >= 15 is 0 Å². The fourth-order valence-electron chi connectivity index (χ4n) is 6.13. The van der Waals surface area contributed by atoms with Crippen molar-refractivity contribution in [2.45, 2.75) is 63.3 Å². The van der Waals surface area contributed by atoms with Crippen LogP contribution in [0.4, 0.5) is 0 Å². The standard InChI is InChI=1S/C22H33N5O3/c1-25-14-23-9-17(25)13-26-11-15-8-16(12-26)19(27-18(15)4-2-6-21(27)28)10-24-22(29)20-5-3-7-30-20/h9,14-16,18-20H,2-8,10-13H2,1H3,(H,24,29)/t15-,16+,18+,19+,20+/m1/s1. The van der Waals surface area contributed by atoms with E-state index in [0.717, 1.165) is 51.7 Å². The van der Waals surface area contributed by atoms with E-state index < -0.39 is 0 Å². The molecule has 4 aliphatic rings. The number of nitrogens with one attached hydrogen (secondary N) is 1. The maximum absolute atomic E-state index is 12.9. The Bertz CT molecular complexity index is 789. The van der Waals surface area contributed by atoms with Crippen molar-refractivity contribution in [1.82, 2.24) is 24.7 Å². The topological polar surface area (TPSA) is 79.7 Å². The molecule has 5 heterocycles. The molecule has 2 bridgehead atoms. The van der Waals surface area contributed by atoms with E-state index in [2.05, 4.69) is 24.7 Å². The average Bonchev–Trinajstić information content (AvgIpc) is 3.41. The number of hydrogen-bond acceptors (Lipinski definition) is 5. The van der Waals surface area contributed by atoms with Gasteiger partial charge in [0.25, 0.3) is 0 Å². The van der Waals surface area contributed by atoms with Gasteiger partial charge in [0, 0.05) is 58.5 Å². The van der Waals surface area contributed by atoms with E-state index in [9.17, 15) is 9.59 Å². The number of piperidine rings is 3. The lowest BCUT2D eigenvalue weighted by Gasteiger charge is -2.56. The van der Waals surface area contributed by atoms with Crippen molar-refractivity contribution >= 4 is 11.8 Å². The minimum atomic E-state index is -0.318. The average molecular weight is 416 g/mol. The molecule has 0 saturated carbocycles. The molecule has 30 heavy (non-hydrogen) atoms. The summed E-state index contributed by atoms with van der Waals surface area (Å²) < 4.78 is 7.63. The Morgan fingerprint density at radius 3 is 2.90 bits per heavy atom. The minimum absolute atomic E-state index is 0.0156. The van der Waals surface area contributed by atoms with Gasteiger partial charge in [0.15, 0.2) is 0 Å². The molecule has 0 spiro atoms. The predicted octanol–water partition coefficient (Wildman–Crippen LogP) is 0.917. The Balaban J connectivity index is 1.32. The van der Waals surface area contributed by atoms with Gasteiger partial charge in [-0.1, -0.05) is 0 Å². The lowest BCUT2D eigenvalue weighted by Crippen LogP contribution is -2.67. The number of nitrogens with zero attached hydrogens (tertiary/aromatic N) is 4. The fraction of sp³-hybridized carbons (Fsp3) is 0.773. The van der Waals surface area contributed by atoms with Crippen LogP contribution in [0.25, 0.3) is 0 Å². The highest BCUT2D eigenvalue weighted by molar-refractivity contribution is 5.81. The maximum Gasteiger partial charge on any atom is 0.249 e. The lowest BCUT2D eigenvalue weighted by atomic mass is 9.72. The molecule has 0 unspecified atom stereocenters. The van der Waals surface area contributed by atoms with Gasteiger partial charge in [0.1, 0.15) is 6.10 Å². The Hall–Kier alpha value is -1.93. The summed E-state index contributed by atoms with van der Waals surface area (Å²) in [5.41, 5.74) is 1.22. The van der Waals surface area contributed by atoms with Crippen molar-refractivity contribution in [1.29, 1.82) is 0 Å². The van der Waals surface area contributed by atoms with Gasteiger partial charge < -0.3 is 19.5 Å². The van der Waals surface area contributed by atoms with E-state index in [-0.39, 0.29) is 24.0 Å². The quantitative estimate of drug-likeness (QED) is 0.774. The zero-order valence-corrected chi connectivity index (χ0v) is 17.8. The molecule has 4 aliphatic heterocycles. The van der Waals surface area contributed by atoms with E-state index in [4.69, 9.17) is 4.74 Å². The molecule has 0 radical (unpaired) electrons. The molecule has 2 amide bonds. The maximum atomic E-state index is 12.9. The number of carbonyl (C=O) groups excluding carboxylic acids is 2. The van der Waals surface area contributed by atoms with Crippen LogP contribution < -0.4 is 5.32 Å². The first-order valence-electron chi connectivity index (χ1n) is 11.5. The summed E-state index contributed by atoms with van der Waals surface area (Å²) in [6.07, 6.45) is 9.08. The smallest absolute Gasteiger partial charge is 0.249 e. The Labute approximate surface area is 177 Å². The third kappa shape index (κ3) is 3.75. The number of carbonyl (C=O) groups is 2. The number of aryl methyl sites for hydroxylation is 1. The van der Waals surface area contributed by atoms with Crippen LogP contribution in [-0.2, 0) is 27.9 Å². The molecule has 8 heteroatoms. The van der Waals surface area contributed by atoms with Gasteiger partial charge in [-0.15, -0.1) is 0 Å². The van der Waals surface area contributed by atoms with Crippen molar-refractivity contribution in [3.63, 3.8) is 0 Å². The van der Waals surface area contributed by atoms with Crippen molar-refractivity contribution in [2.75, 3.05) is 26.2 Å². The second-order valence-corrected chi connectivity index (χ2v) is 9.52. The Kier molecular flexibility index (Phi) is 5.54. The summed E-state index contributed by atoms with van der Waals surface area (Å²) in [5, 5.41) is 3.13. The number of likely N-dealkylation sites (tertiary alicyclic amines) is 1. The van der Waals surface area contributed by atoms with Crippen LogP contribution in [0.15, 0.2) is 12.5 Å². The number of imidazole rings is 1. The van der Waals surface area contributed by atoms with Gasteiger partial charge in [-0.2, -0.15) is 0 Å². The van der Waals surface area contributed by atoms with Gasteiger partial charge in [-0.3, -0.25) is 14.5 Å². The molecule has 8 nitrogen and oxygen atoms in total. The van der Waals surface area contributed by atoms with Crippen molar-refractivity contribution in [2.24, 2.45) is 18.9 Å². The number of hydrogen-bond donors (Lipinski definition) is 1. The third-order valence-corrected chi connectivity index (χ3v) is 7.58. The predicted molar refractivity (Wildman–Crippen MR) is 110 cm³/mol. The van der Waals surface area contributed by atoms with Crippen LogP contribution in [-0.4, -0.2) is 75.6 Å². The number of aromatic nitrogens is 2. The highest BCUT2D eigenvalue weighted by Gasteiger charge is 2.49. The molecule has 5 rings (SSSR count). The SMILES string of the molecule is Cn1cncc1CN1C[C@H]2C[C@@H](C1)[C@H](CNC(=O)[C@@H]1CCCO1)N1C(=O)CCC[C@@H]21. The first-order chi connectivity index (χ1) is 14.6. The third-order valence-electron chi connectivity index (χ3n) is 7.58. The second kappa shape index (κ2) is 8.30. The summed E-state index contributed by atoms with van der Waals surface area (Å²) >= 11 is 0. The molecule has 1 aromatic rings. The molecular formula is C22H33N5O3. The van der Waals surface area contributed by atoms with Crippen LogP contribution in [0.2, 0.25) is 0 Å². The molecule has 1 N–H and O–H groups in total. The summed E-state index contributed by atoms with van der Waals surface area (Å²) in [7, 11) is 2.04. The number of amides is 2. The van der Waals surface area contributed by atoms with Crippen molar-refractivity contribution in [3.8, 4) is 0 Å². The molecule has 5 atom stereocenters. The molecule has 4 saturated heterocycles. The summed E-state index contributed by atoms with van der Waals surface area (Å²) in [4.78, 5) is 34.4. The van der Waals surface area contributed by atoms with E-state index in [1.807, 2.05) is 19.6 Å². The molecule has 164 valence electrons. The van der Waals surface area contributed by atoms with Gasteiger partial charge in [0.2, 0.25) is 11.8 Å². The van der Waals surface area contributed by atoms with Crippen LogP contribution in [0, 0.1) is 11.8 Å². The summed E-state index contributed by atoms with van der Waals surface area (Å²) in [5.74, 6) is 1.17. The number of rotatable bonds is 5.